The fourth-order valence-corrected chi connectivity index (χ4v) is 4.77. The standard InChI is InChI=1S/C22H23ClN4O5S/c1-13-10-14(2-3-15(13)20(30)27-8-7-24-18(28)11-27)25-21(31)22(6-9-32-12-22)26-19(29)16-4-5-17(23)33-16/h2-5,10H,6-9,11-12H2,1H3,(H,24,28)(H,25,31)(H,26,29). The molecule has 1 aromatic heterocycles. The molecule has 2 fully saturated rings. The van der Waals surface area contributed by atoms with Crippen LogP contribution in [0.15, 0.2) is 30.3 Å². The summed E-state index contributed by atoms with van der Waals surface area (Å²) in [7, 11) is 0. The van der Waals surface area contributed by atoms with Gasteiger partial charge in [-0.2, -0.15) is 0 Å². The van der Waals surface area contributed by atoms with E-state index in [4.69, 9.17) is 16.3 Å². The lowest BCUT2D eigenvalue weighted by Crippen LogP contribution is -2.57. The number of piperazine rings is 1. The average Bonchev–Trinajstić information content (AvgIpc) is 3.43. The molecule has 2 aliphatic rings. The highest BCUT2D eigenvalue weighted by Crippen LogP contribution is 2.26. The van der Waals surface area contributed by atoms with Crippen LogP contribution in [0.5, 0.6) is 0 Å². The van der Waals surface area contributed by atoms with Gasteiger partial charge < -0.3 is 25.6 Å². The highest BCUT2D eigenvalue weighted by atomic mass is 35.5. The van der Waals surface area contributed by atoms with E-state index >= 15 is 0 Å². The van der Waals surface area contributed by atoms with Crippen LogP contribution >= 0.6 is 22.9 Å². The van der Waals surface area contributed by atoms with E-state index in [1.165, 1.54) is 4.90 Å². The Morgan fingerprint density at radius 1 is 1.24 bits per heavy atom. The Morgan fingerprint density at radius 2 is 2.06 bits per heavy atom. The zero-order valence-corrected chi connectivity index (χ0v) is 19.5. The van der Waals surface area contributed by atoms with Crippen molar-refractivity contribution < 1.29 is 23.9 Å². The van der Waals surface area contributed by atoms with E-state index in [9.17, 15) is 19.2 Å². The molecule has 4 amide bonds. The van der Waals surface area contributed by atoms with Crippen molar-refractivity contribution >= 4 is 52.3 Å². The number of hydrogen-bond donors (Lipinski definition) is 3. The number of thiophene rings is 1. The maximum Gasteiger partial charge on any atom is 0.262 e. The molecule has 1 aromatic carbocycles. The third kappa shape index (κ3) is 5.02. The highest BCUT2D eigenvalue weighted by molar-refractivity contribution is 7.18. The number of benzene rings is 1. The Balaban J connectivity index is 1.47. The van der Waals surface area contributed by atoms with Crippen LogP contribution in [0.4, 0.5) is 5.69 Å². The van der Waals surface area contributed by atoms with Crippen LogP contribution in [-0.4, -0.2) is 66.9 Å². The minimum Gasteiger partial charge on any atom is -0.378 e. The van der Waals surface area contributed by atoms with Crippen molar-refractivity contribution in [2.75, 3.05) is 38.2 Å². The van der Waals surface area contributed by atoms with E-state index in [2.05, 4.69) is 16.0 Å². The van der Waals surface area contributed by atoms with Gasteiger partial charge in [0.05, 0.1) is 22.4 Å². The lowest BCUT2D eigenvalue weighted by atomic mass is 9.96. The van der Waals surface area contributed by atoms with Crippen molar-refractivity contribution in [2.24, 2.45) is 0 Å². The maximum atomic E-state index is 13.2. The molecule has 2 aromatic rings. The topological polar surface area (TPSA) is 117 Å². The molecule has 9 nitrogen and oxygen atoms in total. The monoisotopic (exact) mass is 490 g/mol. The lowest BCUT2D eigenvalue weighted by Gasteiger charge is -2.28. The predicted octanol–water partition coefficient (Wildman–Crippen LogP) is 1.81. The molecule has 4 rings (SSSR count). The average molecular weight is 491 g/mol. The number of rotatable bonds is 5. The van der Waals surface area contributed by atoms with E-state index in [1.54, 1.807) is 37.3 Å². The first kappa shape index (κ1) is 23.2. The molecule has 0 radical (unpaired) electrons. The minimum absolute atomic E-state index is 0.0223. The van der Waals surface area contributed by atoms with Gasteiger partial charge in [-0.25, -0.2) is 0 Å². The molecule has 0 saturated carbocycles. The Bertz CT molecular complexity index is 1110. The van der Waals surface area contributed by atoms with E-state index in [-0.39, 0.29) is 25.0 Å². The second-order valence-electron chi connectivity index (χ2n) is 8.00. The van der Waals surface area contributed by atoms with Crippen LogP contribution in [0.25, 0.3) is 0 Å². The lowest BCUT2D eigenvalue weighted by molar-refractivity contribution is -0.123. The van der Waals surface area contributed by atoms with E-state index < -0.39 is 17.4 Å². The number of nitrogens with one attached hydrogen (secondary N) is 3. The zero-order chi connectivity index (χ0) is 23.6. The van der Waals surface area contributed by atoms with Gasteiger partial charge in [0.25, 0.3) is 17.7 Å². The van der Waals surface area contributed by atoms with Crippen LogP contribution in [0, 0.1) is 6.92 Å². The van der Waals surface area contributed by atoms with Gasteiger partial charge >= 0.3 is 0 Å². The molecule has 1 atom stereocenters. The highest BCUT2D eigenvalue weighted by Gasteiger charge is 2.44. The summed E-state index contributed by atoms with van der Waals surface area (Å²) in [5, 5.41) is 8.34. The summed E-state index contributed by atoms with van der Waals surface area (Å²) in [5.41, 5.74) is 0.407. The Morgan fingerprint density at radius 3 is 2.70 bits per heavy atom. The third-order valence-corrected chi connectivity index (χ3v) is 6.88. The molecule has 1 unspecified atom stereocenters. The normalized spacial score (nSPS) is 20.3. The number of anilines is 1. The smallest absolute Gasteiger partial charge is 0.262 e. The maximum absolute atomic E-state index is 13.2. The van der Waals surface area contributed by atoms with Gasteiger partial charge in [-0.3, -0.25) is 19.2 Å². The minimum atomic E-state index is -1.21. The van der Waals surface area contributed by atoms with Gasteiger partial charge in [0.15, 0.2) is 0 Å². The predicted molar refractivity (Wildman–Crippen MR) is 124 cm³/mol. The molecule has 174 valence electrons. The van der Waals surface area contributed by atoms with Crippen molar-refractivity contribution in [2.45, 2.75) is 18.9 Å². The van der Waals surface area contributed by atoms with E-state index in [1.807, 2.05) is 0 Å². The summed E-state index contributed by atoms with van der Waals surface area (Å²) in [6, 6.07) is 8.19. The van der Waals surface area contributed by atoms with Gasteiger partial charge in [0.1, 0.15) is 5.54 Å². The molecule has 3 heterocycles. The second-order valence-corrected chi connectivity index (χ2v) is 9.72. The van der Waals surface area contributed by atoms with Crippen molar-refractivity contribution in [1.29, 1.82) is 0 Å². The molecule has 33 heavy (non-hydrogen) atoms. The van der Waals surface area contributed by atoms with Crippen molar-refractivity contribution in [3.8, 4) is 0 Å². The molecule has 2 saturated heterocycles. The Kier molecular flexibility index (Phi) is 6.68. The summed E-state index contributed by atoms with van der Waals surface area (Å²) >= 11 is 7.05. The number of hydrogen-bond acceptors (Lipinski definition) is 6. The molecule has 2 aliphatic heterocycles. The number of amides is 4. The molecule has 0 spiro atoms. The molecule has 3 N–H and O–H groups in total. The van der Waals surface area contributed by atoms with Gasteiger partial charge in [-0.1, -0.05) is 11.6 Å². The van der Waals surface area contributed by atoms with Gasteiger partial charge in [-0.15, -0.1) is 11.3 Å². The summed E-state index contributed by atoms with van der Waals surface area (Å²) in [4.78, 5) is 52.1. The Hall–Kier alpha value is -2.95. The fourth-order valence-electron chi connectivity index (χ4n) is 3.83. The van der Waals surface area contributed by atoms with Gasteiger partial charge in [0.2, 0.25) is 5.91 Å². The van der Waals surface area contributed by atoms with Crippen molar-refractivity contribution in [1.82, 2.24) is 15.5 Å². The van der Waals surface area contributed by atoms with Crippen molar-refractivity contribution in [3.63, 3.8) is 0 Å². The van der Waals surface area contributed by atoms with Gasteiger partial charge in [-0.05, 0) is 42.8 Å². The number of nitrogens with zero attached hydrogens (tertiary/aromatic N) is 1. The number of carbonyl (C=O) groups excluding carboxylic acids is 4. The van der Waals surface area contributed by atoms with Crippen LogP contribution in [-0.2, 0) is 14.3 Å². The molecule has 0 aliphatic carbocycles. The first-order valence-electron chi connectivity index (χ1n) is 10.4. The van der Waals surface area contributed by atoms with Gasteiger partial charge in [0, 0.05) is 37.4 Å². The summed E-state index contributed by atoms with van der Waals surface area (Å²) in [6.45, 7) is 3.05. The largest absolute Gasteiger partial charge is 0.378 e. The quantitative estimate of drug-likeness (QED) is 0.591. The number of aryl methyl sites for hydroxylation is 1. The van der Waals surface area contributed by atoms with Crippen LogP contribution in [0.1, 0.15) is 32.0 Å². The zero-order valence-electron chi connectivity index (χ0n) is 17.9. The number of halogens is 1. The molecular formula is C22H23ClN4O5S. The Labute approximate surface area is 199 Å². The van der Waals surface area contributed by atoms with E-state index in [0.29, 0.717) is 52.1 Å². The SMILES string of the molecule is Cc1cc(NC(=O)C2(NC(=O)c3ccc(Cl)s3)CCOC2)ccc1C(=O)N1CCNC(=O)C1. The summed E-state index contributed by atoms with van der Waals surface area (Å²) in [5.74, 6) is -1.22. The van der Waals surface area contributed by atoms with Crippen LogP contribution in [0.3, 0.4) is 0 Å². The third-order valence-electron chi connectivity index (χ3n) is 5.65. The summed E-state index contributed by atoms with van der Waals surface area (Å²) in [6.07, 6.45) is 0.330. The molecule has 0 bridgehead atoms. The first-order valence-corrected chi connectivity index (χ1v) is 11.6. The summed E-state index contributed by atoms with van der Waals surface area (Å²) < 4.78 is 5.91. The van der Waals surface area contributed by atoms with E-state index in [0.717, 1.165) is 11.3 Å². The van der Waals surface area contributed by atoms with Crippen molar-refractivity contribution in [3.05, 3.63) is 50.7 Å². The second kappa shape index (κ2) is 9.50. The van der Waals surface area contributed by atoms with Crippen LogP contribution < -0.4 is 16.0 Å². The van der Waals surface area contributed by atoms with Crippen LogP contribution in [0.2, 0.25) is 4.34 Å². The number of ether oxygens (including phenoxy) is 1. The fraction of sp³-hybridized carbons (Fsp3) is 0.364. The molecule has 11 heteroatoms. The number of carbonyl (C=O) groups is 4. The first-order chi connectivity index (χ1) is 15.8. The molecular weight excluding hydrogens is 468 g/mol.